The Balaban J connectivity index is 2.54. The summed E-state index contributed by atoms with van der Waals surface area (Å²) in [4.78, 5) is 11.8. The van der Waals surface area contributed by atoms with E-state index in [9.17, 15) is 4.79 Å². The van der Waals surface area contributed by atoms with Gasteiger partial charge in [-0.1, -0.05) is 32.1 Å². The Morgan fingerprint density at radius 1 is 1.35 bits per heavy atom. The maximum atomic E-state index is 11.8. The summed E-state index contributed by atoms with van der Waals surface area (Å²) in [6.07, 6.45) is 1.02. The van der Waals surface area contributed by atoms with Crippen LogP contribution in [0.3, 0.4) is 0 Å². The quantitative estimate of drug-likeness (QED) is 0.818. The molecule has 17 heavy (non-hydrogen) atoms. The van der Waals surface area contributed by atoms with E-state index in [1.54, 1.807) is 0 Å². The maximum absolute atomic E-state index is 11.8. The van der Waals surface area contributed by atoms with Crippen molar-refractivity contribution in [2.24, 2.45) is 5.92 Å². The third kappa shape index (κ3) is 4.30. The molecule has 0 aromatic carbocycles. The number of amides is 1. The molecular formula is C11H20N4OS. The van der Waals surface area contributed by atoms with Crippen molar-refractivity contribution < 1.29 is 4.79 Å². The first-order valence-corrected chi connectivity index (χ1v) is 6.74. The highest BCUT2D eigenvalue weighted by Gasteiger charge is 2.16. The Morgan fingerprint density at radius 3 is 2.65 bits per heavy atom. The van der Waals surface area contributed by atoms with E-state index in [1.807, 2.05) is 6.92 Å². The number of anilines is 1. The van der Waals surface area contributed by atoms with Gasteiger partial charge in [0.05, 0.1) is 0 Å². The molecule has 6 heteroatoms. The molecule has 1 aromatic rings. The lowest BCUT2D eigenvalue weighted by atomic mass is 10.1. The van der Waals surface area contributed by atoms with Gasteiger partial charge in [0.15, 0.2) is 0 Å². The number of aromatic nitrogens is 2. The van der Waals surface area contributed by atoms with Crippen LogP contribution in [-0.2, 0) is 0 Å². The number of carbonyl (C=O) groups excluding carboxylic acids is 1. The zero-order valence-corrected chi connectivity index (χ0v) is 11.6. The lowest BCUT2D eigenvalue weighted by Crippen LogP contribution is -2.36. The zero-order chi connectivity index (χ0) is 12.8. The van der Waals surface area contributed by atoms with Crippen molar-refractivity contribution in [2.45, 2.75) is 40.2 Å². The van der Waals surface area contributed by atoms with E-state index < -0.39 is 0 Å². The predicted molar refractivity (Wildman–Crippen MR) is 70.5 cm³/mol. The van der Waals surface area contributed by atoms with E-state index in [2.05, 4.69) is 41.6 Å². The fourth-order valence-electron chi connectivity index (χ4n) is 1.05. The molecule has 0 aliphatic heterocycles. The Kier molecular flexibility index (Phi) is 5.34. The Hall–Kier alpha value is -1.17. The van der Waals surface area contributed by atoms with Crippen LogP contribution < -0.4 is 10.6 Å². The Bertz CT molecular complexity index is 364. The number of hydrogen-bond donors (Lipinski definition) is 2. The van der Waals surface area contributed by atoms with Crippen LogP contribution in [0.4, 0.5) is 5.13 Å². The van der Waals surface area contributed by atoms with Crippen LogP contribution in [-0.4, -0.2) is 28.7 Å². The predicted octanol–water partition coefficient (Wildman–Crippen LogP) is 2.13. The second-order valence-electron chi connectivity index (χ2n) is 4.35. The van der Waals surface area contributed by atoms with Gasteiger partial charge in [-0.05, 0) is 19.3 Å². The number of rotatable bonds is 6. The molecular weight excluding hydrogens is 236 g/mol. The van der Waals surface area contributed by atoms with Gasteiger partial charge in [-0.2, -0.15) is 0 Å². The van der Waals surface area contributed by atoms with Gasteiger partial charge in [0, 0.05) is 12.6 Å². The molecule has 0 aliphatic rings. The molecule has 1 atom stereocenters. The molecule has 1 heterocycles. The van der Waals surface area contributed by atoms with Gasteiger partial charge in [0.2, 0.25) is 10.1 Å². The van der Waals surface area contributed by atoms with E-state index in [0.717, 1.165) is 13.0 Å². The molecule has 1 amide bonds. The van der Waals surface area contributed by atoms with Crippen molar-refractivity contribution in [2.75, 3.05) is 11.9 Å². The largest absolute Gasteiger partial charge is 0.360 e. The SMILES string of the molecule is CCCNc1nnc(C(=O)NC(C)C(C)C)s1. The van der Waals surface area contributed by atoms with Crippen LogP contribution in [0.2, 0.25) is 0 Å². The molecule has 1 aromatic heterocycles. The van der Waals surface area contributed by atoms with E-state index in [4.69, 9.17) is 0 Å². The molecule has 0 radical (unpaired) electrons. The highest BCUT2D eigenvalue weighted by molar-refractivity contribution is 7.17. The van der Waals surface area contributed by atoms with Gasteiger partial charge in [-0.15, -0.1) is 10.2 Å². The molecule has 1 unspecified atom stereocenters. The van der Waals surface area contributed by atoms with Crippen molar-refractivity contribution in [1.82, 2.24) is 15.5 Å². The Morgan fingerprint density at radius 2 is 2.06 bits per heavy atom. The summed E-state index contributed by atoms with van der Waals surface area (Å²) in [6.45, 7) is 9.04. The van der Waals surface area contributed by atoms with Crippen LogP contribution in [0.15, 0.2) is 0 Å². The van der Waals surface area contributed by atoms with Gasteiger partial charge < -0.3 is 10.6 Å². The van der Waals surface area contributed by atoms with Crippen LogP contribution in [0.5, 0.6) is 0 Å². The number of nitrogens with one attached hydrogen (secondary N) is 2. The summed E-state index contributed by atoms with van der Waals surface area (Å²) < 4.78 is 0. The molecule has 0 spiro atoms. The monoisotopic (exact) mass is 256 g/mol. The van der Waals surface area contributed by atoms with E-state index in [0.29, 0.717) is 16.1 Å². The average molecular weight is 256 g/mol. The maximum Gasteiger partial charge on any atom is 0.282 e. The second-order valence-corrected chi connectivity index (χ2v) is 5.32. The second kappa shape index (κ2) is 6.54. The van der Waals surface area contributed by atoms with Gasteiger partial charge >= 0.3 is 0 Å². The lowest BCUT2D eigenvalue weighted by molar-refractivity contribution is 0.0929. The van der Waals surface area contributed by atoms with Crippen molar-refractivity contribution in [3.05, 3.63) is 5.01 Å². The summed E-state index contributed by atoms with van der Waals surface area (Å²) >= 11 is 1.29. The summed E-state index contributed by atoms with van der Waals surface area (Å²) in [6, 6.07) is 0.137. The highest BCUT2D eigenvalue weighted by atomic mass is 32.1. The molecule has 0 fully saturated rings. The van der Waals surface area contributed by atoms with E-state index in [-0.39, 0.29) is 11.9 Å². The number of hydrogen-bond acceptors (Lipinski definition) is 5. The van der Waals surface area contributed by atoms with Crippen molar-refractivity contribution >= 4 is 22.4 Å². The zero-order valence-electron chi connectivity index (χ0n) is 10.8. The fraction of sp³-hybridized carbons (Fsp3) is 0.727. The average Bonchev–Trinajstić information content (AvgIpc) is 2.74. The standard InChI is InChI=1S/C11H20N4OS/c1-5-6-12-11-15-14-10(17-11)9(16)13-8(4)7(2)3/h7-8H,5-6H2,1-4H3,(H,12,15)(H,13,16). The highest BCUT2D eigenvalue weighted by Crippen LogP contribution is 2.15. The normalized spacial score (nSPS) is 12.5. The molecule has 5 nitrogen and oxygen atoms in total. The third-order valence-corrected chi connectivity index (χ3v) is 3.38. The number of carbonyl (C=O) groups is 1. The van der Waals surface area contributed by atoms with Crippen LogP contribution >= 0.6 is 11.3 Å². The minimum atomic E-state index is -0.145. The topological polar surface area (TPSA) is 66.9 Å². The molecule has 0 saturated carbocycles. The van der Waals surface area contributed by atoms with Crippen LogP contribution in [0.25, 0.3) is 0 Å². The van der Waals surface area contributed by atoms with Crippen LogP contribution in [0.1, 0.15) is 43.9 Å². The molecule has 0 bridgehead atoms. The fourth-order valence-corrected chi connectivity index (χ4v) is 1.73. The van der Waals surface area contributed by atoms with E-state index >= 15 is 0 Å². The minimum Gasteiger partial charge on any atom is -0.360 e. The summed E-state index contributed by atoms with van der Waals surface area (Å²) in [5.41, 5.74) is 0. The van der Waals surface area contributed by atoms with Crippen molar-refractivity contribution in [3.8, 4) is 0 Å². The van der Waals surface area contributed by atoms with Crippen LogP contribution in [0, 0.1) is 5.92 Å². The van der Waals surface area contributed by atoms with Gasteiger partial charge in [-0.25, -0.2) is 0 Å². The first-order valence-electron chi connectivity index (χ1n) is 5.92. The molecule has 0 saturated heterocycles. The number of nitrogens with zero attached hydrogens (tertiary/aromatic N) is 2. The van der Waals surface area contributed by atoms with Gasteiger partial charge in [0.1, 0.15) is 0 Å². The van der Waals surface area contributed by atoms with Gasteiger partial charge in [-0.3, -0.25) is 4.79 Å². The van der Waals surface area contributed by atoms with E-state index in [1.165, 1.54) is 11.3 Å². The molecule has 1 rings (SSSR count). The summed E-state index contributed by atoms with van der Waals surface area (Å²) in [5.74, 6) is 0.262. The Labute approximate surface area is 106 Å². The lowest BCUT2D eigenvalue weighted by Gasteiger charge is -2.15. The molecule has 2 N–H and O–H groups in total. The molecule has 0 aliphatic carbocycles. The van der Waals surface area contributed by atoms with Crippen molar-refractivity contribution in [3.63, 3.8) is 0 Å². The third-order valence-electron chi connectivity index (χ3n) is 2.50. The van der Waals surface area contributed by atoms with Gasteiger partial charge in [0.25, 0.3) is 5.91 Å². The molecule has 96 valence electrons. The van der Waals surface area contributed by atoms with Crippen molar-refractivity contribution in [1.29, 1.82) is 0 Å². The first-order chi connectivity index (χ1) is 8.04. The first kappa shape index (κ1) is 13.9. The smallest absolute Gasteiger partial charge is 0.282 e. The summed E-state index contributed by atoms with van der Waals surface area (Å²) in [7, 11) is 0. The minimum absolute atomic E-state index is 0.137. The summed E-state index contributed by atoms with van der Waals surface area (Å²) in [5, 5.41) is 14.9.